The Kier molecular flexibility index (Phi) is 7.60. The van der Waals surface area contributed by atoms with Crippen molar-refractivity contribution in [2.75, 3.05) is 12.4 Å². The van der Waals surface area contributed by atoms with E-state index in [4.69, 9.17) is 45.3 Å². The lowest BCUT2D eigenvalue weighted by Gasteiger charge is -2.08. The topological polar surface area (TPSA) is 76.7 Å². The number of nitrogens with one attached hydrogen (secondary N) is 1. The molecule has 0 fully saturated rings. The number of amides is 2. The van der Waals surface area contributed by atoms with Crippen molar-refractivity contribution >= 4 is 52.4 Å². The molecule has 3 N–H and O–H groups in total. The molecule has 0 aliphatic heterocycles. The average Bonchev–Trinajstić information content (AvgIpc) is 2.74. The van der Waals surface area contributed by atoms with Gasteiger partial charge in [0.05, 0.1) is 28.3 Å². The molecular weight excluding hydrogens is 476 g/mol. The van der Waals surface area contributed by atoms with Crippen molar-refractivity contribution in [3.63, 3.8) is 0 Å². The van der Waals surface area contributed by atoms with Gasteiger partial charge in [0, 0.05) is 22.3 Å². The molecule has 5 nitrogen and oxygen atoms in total. The number of urea groups is 1. The first-order valence-electron chi connectivity index (χ1n) is 9.03. The number of hydrogen-bond acceptors (Lipinski definition) is 2. The van der Waals surface area contributed by atoms with Crippen LogP contribution in [0.5, 0.6) is 5.75 Å². The van der Waals surface area contributed by atoms with E-state index in [2.05, 4.69) is 22.2 Å². The fourth-order valence-corrected chi connectivity index (χ4v) is 3.26. The summed E-state index contributed by atoms with van der Waals surface area (Å²) in [4.78, 5) is 15.9. The van der Waals surface area contributed by atoms with Gasteiger partial charge in [-0.3, -0.25) is 0 Å². The summed E-state index contributed by atoms with van der Waals surface area (Å²) in [7, 11) is 1.47. The molecule has 9 heteroatoms. The Balaban J connectivity index is 1.81. The summed E-state index contributed by atoms with van der Waals surface area (Å²) >= 11 is 18.0. The fourth-order valence-electron chi connectivity index (χ4n) is 2.66. The molecule has 0 spiro atoms. The number of nitrogens with zero attached hydrogens (tertiary/aromatic N) is 1. The van der Waals surface area contributed by atoms with Crippen LogP contribution < -0.4 is 15.8 Å². The number of hydrogen-bond donors (Lipinski definition) is 2. The van der Waals surface area contributed by atoms with Crippen LogP contribution in [0.3, 0.4) is 0 Å². The predicted molar refractivity (Wildman–Crippen MR) is 127 cm³/mol. The van der Waals surface area contributed by atoms with Crippen molar-refractivity contribution in [1.82, 2.24) is 0 Å². The number of carbonyl (C=O) groups excluding carboxylic acids is 1. The van der Waals surface area contributed by atoms with Gasteiger partial charge < -0.3 is 15.8 Å². The highest BCUT2D eigenvalue weighted by Crippen LogP contribution is 2.24. The van der Waals surface area contributed by atoms with E-state index in [-0.39, 0.29) is 16.4 Å². The van der Waals surface area contributed by atoms with E-state index >= 15 is 0 Å². The van der Waals surface area contributed by atoms with Crippen molar-refractivity contribution in [2.45, 2.75) is 0 Å². The van der Waals surface area contributed by atoms with Gasteiger partial charge in [0.2, 0.25) is 0 Å². The van der Waals surface area contributed by atoms with Gasteiger partial charge in [0.25, 0.3) is 0 Å². The number of aliphatic imine (C=N–C) groups is 1. The maximum atomic E-state index is 13.9. The number of amidine groups is 1. The Labute approximate surface area is 199 Å². The second-order valence-electron chi connectivity index (χ2n) is 6.31. The number of benzene rings is 3. The third-order valence-electron chi connectivity index (χ3n) is 4.15. The van der Waals surface area contributed by atoms with Crippen LogP contribution in [0.1, 0.15) is 16.7 Å². The second kappa shape index (κ2) is 10.4. The highest BCUT2D eigenvalue weighted by atomic mass is 35.5. The molecule has 0 saturated heterocycles. The zero-order valence-corrected chi connectivity index (χ0v) is 18.8. The summed E-state index contributed by atoms with van der Waals surface area (Å²) in [5.74, 6) is 5.27. The van der Waals surface area contributed by atoms with Gasteiger partial charge in [0.1, 0.15) is 17.4 Å². The highest BCUT2D eigenvalue weighted by Gasteiger charge is 2.13. The SMILES string of the molecule is COc1cc(NC(=O)/N=C(\N)c2c(F)cccc2Cl)ccc1C#Cc1cc(Cl)ccc1Cl. The van der Waals surface area contributed by atoms with E-state index in [9.17, 15) is 9.18 Å². The maximum absolute atomic E-state index is 13.9. The van der Waals surface area contributed by atoms with E-state index in [1.807, 2.05) is 0 Å². The summed E-state index contributed by atoms with van der Waals surface area (Å²) in [5.41, 5.74) is 7.10. The van der Waals surface area contributed by atoms with Gasteiger partial charge in [-0.05, 0) is 42.5 Å². The molecule has 0 aromatic heterocycles. The zero-order chi connectivity index (χ0) is 23.3. The molecule has 3 aromatic carbocycles. The van der Waals surface area contributed by atoms with E-state index in [0.29, 0.717) is 32.6 Å². The molecule has 0 radical (unpaired) electrons. The van der Waals surface area contributed by atoms with Crippen LogP contribution in [0.2, 0.25) is 15.1 Å². The van der Waals surface area contributed by atoms with Crippen LogP contribution in [-0.2, 0) is 0 Å². The van der Waals surface area contributed by atoms with Crippen LogP contribution in [0, 0.1) is 17.7 Å². The fraction of sp³-hybridized carbons (Fsp3) is 0.0435. The monoisotopic (exact) mass is 489 g/mol. The van der Waals surface area contributed by atoms with Gasteiger partial charge in [-0.1, -0.05) is 52.7 Å². The van der Waals surface area contributed by atoms with Crippen molar-refractivity contribution in [2.24, 2.45) is 10.7 Å². The summed E-state index contributed by atoms with van der Waals surface area (Å²) in [5, 5.41) is 3.56. The molecule has 0 aliphatic rings. The Hall–Kier alpha value is -3.24. The lowest BCUT2D eigenvalue weighted by Crippen LogP contribution is -2.20. The number of methoxy groups -OCH3 is 1. The first-order chi connectivity index (χ1) is 15.3. The quantitative estimate of drug-likeness (QED) is 0.263. The van der Waals surface area contributed by atoms with Gasteiger partial charge in [-0.25, -0.2) is 9.18 Å². The molecular formula is C23H15Cl3FN3O2. The Bertz CT molecular complexity index is 1260. The Morgan fingerprint density at radius 3 is 2.50 bits per heavy atom. The number of nitrogens with two attached hydrogens (primary N) is 1. The van der Waals surface area contributed by atoms with Gasteiger partial charge in [-0.15, -0.1) is 0 Å². The second-order valence-corrected chi connectivity index (χ2v) is 7.56. The number of rotatable bonds is 3. The minimum Gasteiger partial charge on any atom is -0.495 e. The molecule has 32 heavy (non-hydrogen) atoms. The third-order valence-corrected chi connectivity index (χ3v) is 5.03. The van der Waals surface area contributed by atoms with Gasteiger partial charge in [0.15, 0.2) is 0 Å². The smallest absolute Gasteiger partial charge is 0.347 e. The van der Waals surface area contributed by atoms with Crippen molar-refractivity contribution in [1.29, 1.82) is 0 Å². The summed E-state index contributed by atoms with van der Waals surface area (Å²) in [6.07, 6.45) is 0. The maximum Gasteiger partial charge on any atom is 0.347 e. The molecule has 0 aliphatic carbocycles. The van der Waals surface area contributed by atoms with Gasteiger partial charge >= 0.3 is 6.03 Å². The Morgan fingerprint density at radius 2 is 1.78 bits per heavy atom. The molecule has 162 valence electrons. The van der Waals surface area contributed by atoms with Crippen LogP contribution in [0.4, 0.5) is 14.9 Å². The molecule has 0 unspecified atom stereocenters. The molecule has 3 aromatic rings. The number of carbonyl (C=O) groups is 1. The van der Waals surface area contributed by atoms with Crippen molar-refractivity contribution in [3.05, 3.63) is 92.2 Å². The molecule has 2 amide bonds. The van der Waals surface area contributed by atoms with Crippen molar-refractivity contribution in [3.8, 4) is 17.6 Å². The molecule has 0 bridgehead atoms. The minimum atomic E-state index is -0.812. The molecule has 0 saturated carbocycles. The lowest BCUT2D eigenvalue weighted by molar-refractivity contribution is 0.259. The van der Waals surface area contributed by atoms with E-state index < -0.39 is 11.8 Å². The normalized spacial score (nSPS) is 10.8. The first-order valence-corrected chi connectivity index (χ1v) is 10.2. The van der Waals surface area contributed by atoms with Crippen LogP contribution in [-0.4, -0.2) is 19.0 Å². The van der Waals surface area contributed by atoms with Crippen LogP contribution >= 0.6 is 34.8 Å². The van der Waals surface area contributed by atoms with Crippen LogP contribution in [0.25, 0.3) is 0 Å². The van der Waals surface area contributed by atoms with E-state index in [0.717, 1.165) is 0 Å². The summed E-state index contributed by atoms with van der Waals surface area (Å²) in [6.45, 7) is 0. The van der Waals surface area contributed by atoms with Crippen molar-refractivity contribution < 1.29 is 13.9 Å². The standard InChI is InChI=1S/C23H15Cl3FN3O2/c1-32-20-12-16(9-7-13(20)5-6-14-11-15(24)8-10-17(14)25)29-23(31)30-22(28)21-18(26)3-2-4-19(21)27/h2-4,7-12H,1H3,(H3,28,29,30,31). The number of halogens is 4. The Morgan fingerprint density at radius 1 is 1.03 bits per heavy atom. The molecule has 0 heterocycles. The number of anilines is 1. The molecule has 3 rings (SSSR count). The highest BCUT2D eigenvalue weighted by molar-refractivity contribution is 6.34. The number of ether oxygens (including phenoxy) is 1. The summed E-state index contributed by atoms with van der Waals surface area (Å²) < 4.78 is 19.3. The molecule has 0 atom stereocenters. The zero-order valence-electron chi connectivity index (χ0n) is 16.5. The van der Waals surface area contributed by atoms with Gasteiger partial charge in [-0.2, -0.15) is 4.99 Å². The van der Waals surface area contributed by atoms with E-state index in [1.165, 1.54) is 25.3 Å². The van der Waals surface area contributed by atoms with E-state index in [1.54, 1.807) is 36.4 Å². The lowest BCUT2D eigenvalue weighted by atomic mass is 10.1. The average molecular weight is 491 g/mol. The summed E-state index contributed by atoms with van der Waals surface area (Å²) in [6, 6.07) is 13.0. The minimum absolute atomic E-state index is 0.0449. The van der Waals surface area contributed by atoms with Crippen LogP contribution in [0.15, 0.2) is 59.6 Å². The largest absolute Gasteiger partial charge is 0.495 e. The first kappa shape index (κ1) is 23.4. The third kappa shape index (κ3) is 5.71. The predicted octanol–water partition coefficient (Wildman–Crippen LogP) is 6.13.